The van der Waals surface area contributed by atoms with E-state index in [-0.39, 0.29) is 4.83 Å². The summed E-state index contributed by atoms with van der Waals surface area (Å²) in [6.07, 6.45) is 0.908. The van der Waals surface area contributed by atoms with Crippen LogP contribution in [0.3, 0.4) is 0 Å². The minimum Gasteiger partial charge on any atom is -0.490 e. The molecule has 0 N–H and O–H groups in total. The van der Waals surface area contributed by atoms with Crippen LogP contribution < -0.4 is 9.47 Å². The summed E-state index contributed by atoms with van der Waals surface area (Å²) in [7, 11) is 0. The predicted octanol–water partition coefficient (Wildman–Crippen LogP) is 5.29. The van der Waals surface area contributed by atoms with E-state index in [0.29, 0.717) is 13.2 Å². The molecule has 2 aromatic carbocycles. The summed E-state index contributed by atoms with van der Waals surface area (Å²) in [6, 6.07) is 12.1. The van der Waals surface area contributed by atoms with Gasteiger partial charge in [-0.05, 0) is 35.7 Å². The smallest absolute Gasteiger partial charge is 0.161 e. The molecule has 110 valence electrons. The Morgan fingerprint density at radius 1 is 1.10 bits per heavy atom. The van der Waals surface area contributed by atoms with Crippen molar-refractivity contribution < 1.29 is 9.47 Å². The maximum atomic E-state index is 6.42. The number of aryl methyl sites for hydroxylation is 1. The van der Waals surface area contributed by atoms with Gasteiger partial charge in [0, 0.05) is 11.4 Å². The van der Waals surface area contributed by atoms with Crippen LogP contribution in [0.5, 0.6) is 11.5 Å². The molecule has 0 aromatic heterocycles. The van der Waals surface area contributed by atoms with E-state index in [1.807, 2.05) is 43.3 Å². The predicted molar refractivity (Wildman–Crippen MR) is 89.0 cm³/mol. The van der Waals surface area contributed by atoms with Crippen molar-refractivity contribution in [3.05, 3.63) is 58.1 Å². The van der Waals surface area contributed by atoms with E-state index < -0.39 is 0 Å². The third-order valence-electron chi connectivity index (χ3n) is 3.56. The van der Waals surface area contributed by atoms with Gasteiger partial charge in [-0.25, -0.2) is 0 Å². The van der Waals surface area contributed by atoms with Gasteiger partial charge < -0.3 is 9.47 Å². The monoisotopic (exact) mass is 366 g/mol. The van der Waals surface area contributed by atoms with E-state index in [1.54, 1.807) is 0 Å². The van der Waals surface area contributed by atoms with Crippen molar-refractivity contribution in [2.45, 2.75) is 18.2 Å². The summed E-state index contributed by atoms with van der Waals surface area (Å²) in [5, 5.41) is 0.798. The molecule has 1 atom stereocenters. The van der Waals surface area contributed by atoms with E-state index in [9.17, 15) is 0 Å². The van der Waals surface area contributed by atoms with Gasteiger partial charge in [0.15, 0.2) is 11.5 Å². The van der Waals surface area contributed by atoms with Crippen LogP contribution in [0.2, 0.25) is 5.02 Å². The Balaban J connectivity index is 1.96. The van der Waals surface area contributed by atoms with Gasteiger partial charge in [0.1, 0.15) is 0 Å². The molecule has 1 aliphatic rings. The lowest BCUT2D eigenvalue weighted by atomic mass is 10.0. The fourth-order valence-corrected chi connectivity index (χ4v) is 3.42. The molecule has 21 heavy (non-hydrogen) atoms. The summed E-state index contributed by atoms with van der Waals surface area (Å²) in [4.78, 5) is 0.0297. The van der Waals surface area contributed by atoms with Crippen LogP contribution in [0, 0.1) is 6.92 Å². The Morgan fingerprint density at radius 2 is 1.86 bits per heavy atom. The number of hydrogen-bond acceptors (Lipinski definition) is 2. The number of fused-ring (bicyclic) bond motifs is 1. The van der Waals surface area contributed by atoms with Crippen LogP contribution in [0.4, 0.5) is 0 Å². The lowest BCUT2D eigenvalue weighted by Crippen LogP contribution is -1.98. The van der Waals surface area contributed by atoms with Crippen LogP contribution in [-0.2, 0) is 0 Å². The second-order valence-electron chi connectivity index (χ2n) is 5.10. The normalized spacial score (nSPS) is 15.4. The number of rotatable bonds is 2. The molecule has 0 saturated carbocycles. The van der Waals surface area contributed by atoms with E-state index >= 15 is 0 Å². The van der Waals surface area contributed by atoms with Crippen LogP contribution in [0.1, 0.15) is 27.9 Å². The highest BCUT2D eigenvalue weighted by atomic mass is 79.9. The van der Waals surface area contributed by atoms with Gasteiger partial charge in [-0.1, -0.05) is 51.8 Å². The Bertz CT molecular complexity index is 657. The van der Waals surface area contributed by atoms with Crippen molar-refractivity contribution in [1.82, 2.24) is 0 Å². The first-order valence-corrected chi connectivity index (χ1v) is 8.25. The average Bonchev–Trinajstić information content (AvgIpc) is 2.74. The van der Waals surface area contributed by atoms with Gasteiger partial charge in [-0.15, -0.1) is 0 Å². The van der Waals surface area contributed by atoms with Gasteiger partial charge >= 0.3 is 0 Å². The molecule has 0 aliphatic carbocycles. The Labute approximate surface area is 138 Å². The molecular weight excluding hydrogens is 352 g/mol. The van der Waals surface area contributed by atoms with Crippen LogP contribution in [0.25, 0.3) is 0 Å². The van der Waals surface area contributed by atoms with Crippen molar-refractivity contribution in [3.63, 3.8) is 0 Å². The molecule has 1 aliphatic heterocycles. The maximum absolute atomic E-state index is 6.42. The largest absolute Gasteiger partial charge is 0.490 e. The molecule has 1 heterocycles. The van der Waals surface area contributed by atoms with Crippen LogP contribution in [0.15, 0.2) is 36.4 Å². The first-order chi connectivity index (χ1) is 10.2. The summed E-state index contributed by atoms with van der Waals surface area (Å²) in [5.41, 5.74) is 3.24. The zero-order chi connectivity index (χ0) is 14.8. The van der Waals surface area contributed by atoms with E-state index in [4.69, 9.17) is 21.1 Å². The van der Waals surface area contributed by atoms with Gasteiger partial charge in [-0.2, -0.15) is 0 Å². The Morgan fingerprint density at radius 3 is 2.67 bits per heavy atom. The average molecular weight is 368 g/mol. The lowest BCUT2D eigenvalue weighted by molar-refractivity contribution is 0.297. The second-order valence-corrected chi connectivity index (χ2v) is 6.39. The van der Waals surface area contributed by atoms with E-state index in [2.05, 4.69) is 15.9 Å². The highest BCUT2D eigenvalue weighted by Crippen LogP contribution is 2.40. The van der Waals surface area contributed by atoms with E-state index in [1.165, 1.54) is 0 Å². The fraction of sp³-hybridized carbons (Fsp3) is 0.294. The number of hydrogen-bond donors (Lipinski definition) is 0. The molecular formula is C17H16BrClO2. The topological polar surface area (TPSA) is 18.5 Å². The minimum absolute atomic E-state index is 0.0297. The summed E-state index contributed by atoms with van der Waals surface area (Å²) < 4.78 is 11.4. The minimum atomic E-state index is 0.0297. The molecule has 0 amide bonds. The standard InChI is InChI=1S/C17H16BrClO2/c1-11-4-2-5-13(17(11)19)16(18)12-6-7-14-15(10-12)21-9-3-8-20-14/h2,4-7,10,16H,3,8-9H2,1H3. The third-order valence-corrected chi connectivity index (χ3v) is 5.10. The van der Waals surface area contributed by atoms with Crippen LogP contribution in [-0.4, -0.2) is 13.2 Å². The number of alkyl halides is 1. The molecule has 0 spiro atoms. The molecule has 0 saturated heterocycles. The summed E-state index contributed by atoms with van der Waals surface area (Å²) >= 11 is 10.2. The zero-order valence-electron chi connectivity index (χ0n) is 11.7. The van der Waals surface area contributed by atoms with Gasteiger partial charge in [-0.3, -0.25) is 0 Å². The maximum Gasteiger partial charge on any atom is 0.161 e. The van der Waals surface area contributed by atoms with Crippen molar-refractivity contribution in [2.75, 3.05) is 13.2 Å². The van der Waals surface area contributed by atoms with Gasteiger partial charge in [0.25, 0.3) is 0 Å². The fourth-order valence-electron chi connectivity index (χ4n) is 2.38. The molecule has 3 rings (SSSR count). The molecule has 0 radical (unpaired) electrons. The number of halogens is 2. The molecule has 2 aromatic rings. The first kappa shape index (κ1) is 14.7. The van der Waals surface area contributed by atoms with E-state index in [0.717, 1.165) is 39.6 Å². The quantitative estimate of drug-likeness (QED) is 0.671. The highest BCUT2D eigenvalue weighted by molar-refractivity contribution is 9.09. The van der Waals surface area contributed by atoms with Gasteiger partial charge in [0.05, 0.1) is 18.0 Å². The molecule has 2 nitrogen and oxygen atoms in total. The van der Waals surface area contributed by atoms with Crippen LogP contribution >= 0.6 is 27.5 Å². The lowest BCUT2D eigenvalue weighted by Gasteiger charge is -2.16. The molecule has 0 fully saturated rings. The van der Waals surface area contributed by atoms with Crippen molar-refractivity contribution in [3.8, 4) is 11.5 Å². The summed E-state index contributed by atoms with van der Waals surface area (Å²) in [5.74, 6) is 1.62. The number of benzene rings is 2. The highest BCUT2D eigenvalue weighted by Gasteiger charge is 2.18. The Kier molecular flexibility index (Phi) is 4.41. The third kappa shape index (κ3) is 3.04. The molecule has 0 bridgehead atoms. The Hall–Kier alpha value is -1.19. The van der Waals surface area contributed by atoms with Crippen molar-refractivity contribution in [2.24, 2.45) is 0 Å². The van der Waals surface area contributed by atoms with Crippen molar-refractivity contribution in [1.29, 1.82) is 0 Å². The molecule has 4 heteroatoms. The zero-order valence-corrected chi connectivity index (χ0v) is 14.1. The molecule has 1 unspecified atom stereocenters. The van der Waals surface area contributed by atoms with Crippen molar-refractivity contribution >= 4 is 27.5 Å². The van der Waals surface area contributed by atoms with Gasteiger partial charge in [0.2, 0.25) is 0 Å². The number of ether oxygens (including phenoxy) is 2. The SMILES string of the molecule is Cc1cccc(C(Br)c2ccc3c(c2)OCCCO3)c1Cl. The first-order valence-electron chi connectivity index (χ1n) is 6.95. The second kappa shape index (κ2) is 6.29. The summed E-state index contributed by atoms with van der Waals surface area (Å²) in [6.45, 7) is 3.40.